The predicted molar refractivity (Wildman–Crippen MR) is 35.9 cm³/mol. The Morgan fingerprint density at radius 1 is 1.38 bits per heavy atom. The van der Waals surface area contributed by atoms with Gasteiger partial charge in [0.2, 0.25) is 0 Å². The quantitative estimate of drug-likeness (QED) is 0.522. The first-order chi connectivity index (χ1) is 3.62. The summed E-state index contributed by atoms with van der Waals surface area (Å²) in [7, 11) is 4.28. The first-order valence-corrected chi connectivity index (χ1v) is 3.27. The zero-order chi connectivity index (χ0) is 6.20. The lowest BCUT2D eigenvalue weighted by Gasteiger charge is -2.14. The minimum Gasteiger partial charge on any atom is -0.309 e. The van der Waals surface area contributed by atoms with E-state index in [1.165, 1.54) is 19.4 Å². The molecule has 1 aliphatic carbocycles. The van der Waals surface area contributed by atoms with Crippen LogP contribution in [0.3, 0.4) is 0 Å². The first-order valence-electron chi connectivity index (χ1n) is 3.27. The van der Waals surface area contributed by atoms with Gasteiger partial charge in [0.1, 0.15) is 0 Å². The van der Waals surface area contributed by atoms with Crippen molar-refractivity contribution in [2.45, 2.75) is 19.8 Å². The SMILES string of the molecule is CN(C)CC1(C)CC1. The molecule has 1 heteroatoms. The minimum atomic E-state index is 0.698. The molecule has 0 unspecified atom stereocenters. The van der Waals surface area contributed by atoms with E-state index in [0.717, 1.165) is 0 Å². The van der Waals surface area contributed by atoms with E-state index in [1.54, 1.807) is 0 Å². The average molecular weight is 113 g/mol. The Labute approximate surface area is 51.7 Å². The molecule has 48 valence electrons. The second kappa shape index (κ2) is 1.73. The van der Waals surface area contributed by atoms with E-state index in [-0.39, 0.29) is 0 Å². The van der Waals surface area contributed by atoms with E-state index < -0.39 is 0 Å². The monoisotopic (exact) mass is 113 g/mol. The maximum Gasteiger partial charge on any atom is 0.00292 e. The van der Waals surface area contributed by atoms with Gasteiger partial charge in [-0.2, -0.15) is 0 Å². The molecule has 0 aliphatic heterocycles. The largest absolute Gasteiger partial charge is 0.309 e. The van der Waals surface area contributed by atoms with Gasteiger partial charge in [0.15, 0.2) is 0 Å². The van der Waals surface area contributed by atoms with Crippen LogP contribution in [0, 0.1) is 5.41 Å². The molecule has 1 aliphatic rings. The van der Waals surface area contributed by atoms with Gasteiger partial charge >= 0.3 is 0 Å². The Balaban J connectivity index is 2.19. The summed E-state index contributed by atoms with van der Waals surface area (Å²) >= 11 is 0. The van der Waals surface area contributed by atoms with Crippen molar-refractivity contribution in [2.24, 2.45) is 5.41 Å². The Bertz CT molecular complexity index is 82.4. The smallest absolute Gasteiger partial charge is 0.00292 e. The van der Waals surface area contributed by atoms with Gasteiger partial charge in [0.05, 0.1) is 0 Å². The molecule has 0 aromatic carbocycles. The fourth-order valence-corrected chi connectivity index (χ4v) is 1.13. The van der Waals surface area contributed by atoms with Gasteiger partial charge in [-0.15, -0.1) is 0 Å². The van der Waals surface area contributed by atoms with E-state index in [9.17, 15) is 0 Å². The summed E-state index contributed by atoms with van der Waals surface area (Å²) in [6.45, 7) is 3.62. The fourth-order valence-electron chi connectivity index (χ4n) is 1.13. The normalized spacial score (nSPS) is 24.0. The summed E-state index contributed by atoms with van der Waals surface area (Å²) in [5, 5.41) is 0. The molecule has 0 bridgehead atoms. The van der Waals surface area contributed by atoms with Crippen LogP contribution in [0.2, 0.25) is 0 Å². The molecule has 0 amide bonds. The van der Waals surface area contributed by atoms with Crippen LogP contribution < -0.4 is 0 Å². The van der Waals surface area contributed by atoms with Gasteiger partial charge in [0, 0.05) is 6.54 Å². The summed E-state index contributed by atoms with van der Waals surface area (Å²) in [6, 6.07) is 0. The van der Waals surface area contributed by atoms with Crippen molar-refractivity contribution >= 4 is 0 Å². The van der Waals surface area contributed by atoms with Crippen molar-refractivity contribution in [1.29, 1.82) is 0 Å². The van der Waals surface area contributed by atoms with Crippen molar-refractivity contribution < 1.29 is 0 Å². The van der Waals surface area contributed by atoms with Gasteiger partial charge in [-0.3, -0.25) is 0 Å². The highest BCUT2D eigenvalue weighted by molar-refractivity contribution is 4.89. The van der Waals surface area contributed by atoms with E-state index in [4.69, 9.17) is 0 Å². The van der Waals surface area contributed by atoms with Crippen LogP contribution in [-0.4, -0.2) is 25.5 Å². The van der Waals surface area contributed by atoms with Gasteiger partial charge in [-0.05, 0) is 32.4 Å². The number of hydrogen-bond donors (Lipinski definition) is 0. The summed E-state index contributed by atoms with van der Waals surface area (Å²) in [4.78, 5) is 2.27. The molecule has 0 aromatic heterocycles. The van der Waals surface area contributed by atoms with Crippen LogP contribution >= 0.6 is 0 Å². The number of rotatable bonds is 2. The fraction of sp³-hybridized carbons (Fsp3) is 1.00. The Morgan fingerprint density at radius 2 is 1.88 bits per heavy atom. The predicted octanol–water partition coefficient (Wildman–Crippen LogP) is 1.35. The molecule has 0 heterocycles. The lowest BCUT2D eigenvalue weighted by molar-refractivity contribution is 0.326. The summed E-state index contributed by atoms with van der Waals surface area (Å²) in [5.41, 5.74) is 0.698. The van der Waals surface area contributed by atoms with Crippen molar-refractivity contribution in [3.8, 4) is 0 Å². The summed E-state index contributed by atoms with van der Waals surface area (Å²) in [5.74, 6) is 0. The molecule has 0 N–H and O–H groups in total. The standard InChI is InChI=1S/C7H15N/c1-7(4-5-7)6-8(2)3/h4-6H2,1-3H3. The second-order valence-corrected chi connectivity index (χ2v) is 3.55. The van der Waals surface area contributed by atoms with Crippen LogP contribution in [0.4, 0.5) is 0 Å². The maximum absolute atomic E-state index is 2.35. The highest BCUT2D eigenvalue weighted by atomic mass is 15.1. The molecule has 1 nitrogen and oxygen atoms in total. The van der Waals surface area contributed by atoms with Crippen molar-refractivity contribution in [3.63, 3.8) is 0 Å². The summed E-state index contributed by atoms with van der Waals surface area (Å²) in [6.07, 6.45) is 2.87. The molecule has 0 atom stereocenters. The van der Waals surface area contributed by atoms with Crippen LogP contribution in [0.5, 0.6) is 0 Å². The Kier molecular flexibility index (Phi) is 1.31. The Morgan fingerprint density at radius 3 is 2.00 bits per heavy atom. The minimum absolute atomic E-state index is 0.698. The summed E-state index contributed by atoms with van der Waals surface area (Å²) < 4.78 is 0. The molecule has 0 saturated heterocycles. The third-order valence-electron chi connectivity index (χ3n) is 1.80. The average Bonchev–Trinajstić information content (AvgIpc) is 2.17. The van der Waals surface area contributed by atoms with E-state index in [0.29, 0.717) is 5.41 Å². The van der Waals surface area contributed by atoms with Gasteiger partial charge < -0.3 is 4.90 Å². The van der Waals surface area contributed by atoms with Gasteiger partial charge in [0.25, 0.3) is 0 Å². The molecule has 8 heavy (non-hydrogen) atoms. The van der Waals surface area contributed by atoms with Crippen LogP contribution in [-0.2, 0) is 0 Å². The lowest BCUT2D eigenvalue weighted by Crippen LogP contribution is -2.20. The number of hydrogen-bond acceptors (Lipinski definition) is 1. The van der Waals surface area contributed by atoms with E-state index in [1.807, 2.05) is 0 Å². The molecule has 0 aromatic rings. The molecular formula is C7H15N. The number of nitrogens with zero attached hydrogens (tertiary/aromatic N) is 1. The van der Waals surface area contributed by atoms with Crippen molar-refractivity contribution in [3.05, 3.63) is 0 Å². The third kappa shape index (κ3) is 1.48. The van der Waals surface area contributed by atoms with E-state index >= 15 is 0 Å². The van der Waals surface area contributed by atoms with Crippen LogP contribution in [0.25, 0.3) is 0 Å². The maximum atomic E-state index is 2.35. The molecule has 0 radical (unpaired) electrons. The second-order valence-electron chi connectivity index (χ2n) is 3.55. The highest BCUT2D eigenvalue weighted by Crippen LogP contribution is 2.44. The van der Waals surface area contributed by atoms with Gasteiger partial charge in [-0.1, -0.05) is 6.92 Å². The van der Waals surface area contributed by atoms with E-state index in [2.05, 4.69) is 25.9 Å². The van der Waals surface area contributed by atoms with Crippen LogP contribution in [0.1, 0.15) is 19.8 Å². The molecule has 0 spiro atoms. The topological polar surface area (TPSA) is 3.24 Å². The molecular weight excluding hydrogens is 98.1 g/mol. The molecule has 1 fully saturated rings. The first kappa shape index (κ1) is 6.09. The highest BCUT2D eigenvalue weighted by Gasteiger charge is 2.37. The van der Waals surface area contributed by atoms with Crippen molar-refractivity contribution in [2.75, 3.05) is 20.6 Å². The molecule has 1 saturated carbocycles. The third-order valence-corrected chi connectivity index (χ3v) is 1.80. The Hall–Kier alpha value is -0.0400. The lowest BCUT2D eigenvalue weighted by atomic mass is 10.1. The van der Waals surface area contributed by atoms with Crippen LogP contribution in [0.15, 0.2) is 0 Å². The zero-order valence-corrected chi connectivity index (χ0v) is 6.07. The molecule has 1 rings (SSSR count). The van der Waals surface area contributed by atoms with Crippen molar-refractivity contribution in [1.82, 2.24) is 4.90 Å². The zero-order valence-electron chi connectivity index (χ0n) is 6.07. The van der Waals surface area contributed by atoms with Gasteiger partial charge in [-0.25, -0.2) is 0 Å².